The van der Waals surface area contributed by atoms with Crippen molar-refractivity contribution in [1.82, 2.24) is 0 Å². The van der Waals surface area contributed by atoms with Crippen molar-refractivity contribution in [1.29, 1.82) is 0 Å². The van der Waals surface area contributed by atoms with Crippen molar-refractivity contribution in [3.05, 3.63) is 50.7 Å². The van der Waals surface area contributed by atoms with Gasteiger partial charge in [0, 0.05) is 11.4 Å². The van der Waals surface area contributed by atoms with Crippen LogP contribution in [0.3, 0.4) is 0 Å². The Hall–Kier alpha value is -1.03. The number of aryl methyl sites for hydroxylation is 1. The minimum Gasteiger partial charge on any atom is -0.484 e. The predicted molar refractivity (Wildman–Crippen MR) is 87.0 cm³/mol. The third-order valence-corrected chi connectivity index (χ3v) is 4.59. The quantitative estimate of drug-likeness (QED) is 0.851. The molecule has 0 radical (unpaired) electrons. The smallest absolute Gasteiger partial charge is 0.145 e. The molecule has 1 aromatic heterocycles. The van der Waals surface area contributed by atoms with Gasteiger partial charge in [-0.25, -0.2) is 0 Å². The summed E-state index contributed by atoms with van der Waals surface area (Å²) in [7, 11) is 0. The van der Waals surface area contributed by atoms with E-state index >= 15 is 0 Å². The molecule has 2 rings (SSSR count). The fourth-order valence-electron chi connectivity index (χ4n) is 2.26. The minimum atomic E-state index is -0.142. The molecule has 0 bridgehead atoms. The van der Waals surface area contributed by atoms with Gasteiger partial charge in [0.15, 0.2) is 0 Å². The summed E-state index contributed by atoms with van der Waals surface area (Å²) < 4.78 is 6.76. The molecule has 20 heavy (non-hydrogen) atoms. The SMILES string of the molecule is Cc1cc(OC(CN)c2ccc(Cl)s2)ccc1C(C)C. The first-order valence-corrected chi connectivity index (χ1v) is 7.93. The lowest BCUT2D eigenvalue weighted by Crippen LogP contribution is -2.17. The molecule has 0 saturated heterocycles. The van der Waals surface area contributed by atoms with E-state index in [1.165, 1.54) is 22.5 Å². The molecule has 1 heterocycles. The van der Waals surface area contributed by atoms with Crippen LogP contribution in [0, 0.1) is 6.92 Å². The number of thiophene rings is 1. The van der Waals surface area contributed by atoms with Gasteiger partial charge < -0.3 is 10.5 Å². The van der Waals surface area contributed by atoms with Crippen LogP contribution in [-0.2, 0) is 0 Å². The van der Waals surface area contributed by atoms with Crippen molar-refractivity contribution in [2.75, 3.05) is 6.54 Å². The van der Waals surface area contributed by atoms with Crippen LogP contribution in [0.1, 0.15) is 41.9 Å². The van der Waals surface area contributed by atoms with Crippen LogP contribution in [0.5, 0.6) is 5.75 Å². The molecule has 0 aliphatic rings. The number of halogens is 1. The average molecular weight is 310 g/mol. The third-order valence-electron chi connectivity index (χ3n) is 3.27. The summed E-state index contributed by atoms with van der Waals surface area (Å²) in [5.74, 6) is 1.37. The van der Waals surface area contributed by atoms with E-state index in [2.05, 4.69) is 32.9 Å². The number of nitrogens with two attached hydrogens (primary N) is 1. The molecule has 108 valence electrons. The van der Waals surface area contributed by atoms with E-state index in [1.54, 1.807) is 0 Å². The fourth-order valence-corrected chi connectivity index (χ4v) is 3.36. The zero-order valence-electron chi connectivity index (χ0n) is 12.0. The van der Waals surface area contributed by atoms with E-state index in [-0.39, 0.29) is 6.10 Å². The third kappa shape index (κ3) is 3.54. The summed E-state index contributed by atoms with van der Waals surface area (Å²) in [5.41, 5.74) is 8.41. The normalized spacial score (nSPS) is 12.7. The van der Waals surface area contributed by atoms with Gasteiger partial charge >= 0.3 is 0 Å². The van der Waals surface area contributed by atoms with Crippen molar-refractivity contribution in [3.8, 4) is 5.75 Å². The van der Waals surface area contributed by atoms with Gasteiger partial charge in [-0.1, -0.05) is 31.5 Å². The lowest BCUT2D eigenvalue weighted by molar-refractivity contribution is 0.218. The van der Waals surface area contributed by atoms with E-state index in [1.807, 2.05) is 18.2 Å². The topological polar surface area (TPSA) is 35.2 Å². The Morgan fingerprint density at radius 3 is 2.50 bits per heavy atom. The second kappa shape index (κ2) is 6.61. The zero-order valence-corrected chi connectivity index (χ0v) is 13.6. The molecule has 1 unspecified atom stereocenters. The predicted octanol–water partition coefficient (Wildman–Crippen LogP) is 4.91. The second-order valence-corrected chi connectivity index (χ2v) is 6.90. The molecule has 1 aromatic carbocycles. The molecular formula is C16H20ClNOS. The van der Waals surface area contributed by atoms with Crippen LogP contribution < -0.4 is 10.5 Å². The van der Waals surface area contributed by atoms with E-state index in [0.29, 0.717) is 12.5 Å². The Balaban J connectivity index is 2.18. The van der Waals surface area contributed by atoms with Crippen molar-refractivity contribution < 1.29 is 4.74 Å². The molecule has 2 aromatic rings. The number of hydrogen-bond donors (Lipinski definition) is 1. The van der Waals surface area contributed by atoms with Crippen molar-refractivity contribution in [3.63, 3.8) is 0 Å². The molecule has 0 saturated carbocycles. The largest absolute Gasteiger partial charge is 0.484 e. The zero-order chi connectivity index (χ0) is 14.7. The Morgan fingerprint density at radius 2 is 2.00 bits per heavy atom. The summed E-state index contributed by atoms with van der Waals surface area (Å²) in [5, 5.41) is 0. The van der Waals surface area contributed by atoms with Crippen LogP contribution in [0.25, 0.3) is 0 Å². The molecule has 0 aliphatic heterocycles. The maximum Gasteiger partial charge on any atom is 0.145 e. The van der Waals surface area contributed by atoms with Gasteiger partial charge in [0.1, 0.15) is 11.9 Å². The first-order valence-electron chi connectivity index (χ1n) is 6.73. The lowest BCUT2D eigenvalue weighted by Gasteiger charge is -2.18. The summed E-state index contributed by atoms with van der Waals surface area (Å²) in [6.45, 7) is 6.93. The van der Waals surface area contributed by atoms with Crippen molar-refractivity contribution >= 4 is 22.9 Å². The molecule has 0 amide bonds. The number of ether oxygens (including phenoxy) is 1. The van der Waals surface area contributed by atoms with E-state index in [4.69, 9.17) is 22.1 Å². The lowest BCUT2D eigenvalue weighted by atomic mass is 9.98. The maximum atomic E-state index is 6.01. The van der Waals surface area contributed by atoms with E-state index < -0.39 is 0 Å². The molecule has 2 nitrogen and oxygen atoms in total. The van der Waals surface area contributed by atoms with Gasteiger partial charge in [-0.05, 0) is 48.2 Å². The van der Waals surface area contributed by atoms with E-state index in [9.17, 15) is 0 Å². The molecule has 0 aliphatic carbocycles. The fraction of sp³-hybridized carbons (Fsp3) is 0.375. The summed E-state index contributed by atoms with van der Waals surface area (Å²) in [4.78, 5) is 1.06. The highest BCUT2D eigenvalue weighted by Gasteiger charge is 2.15. The first-order chi connectivity index (χ1) is 9.51. The molecule has 1 atom stereocenters. The first kappa shape index (κ1) is 15.4. The van der Waals surface area contributed by atoms with Crippen LogP contribution in [0.15, 0.2) is 30.3 Å². The average Bonchev–Trinajstić information content (AvgIpc) is 2.82. The highest BCUT2D eigenvalue weighted by molar-refractivity contribution is 7.16. The van der Waals surface area contributed by atoms with Gasteiger partial charge in [0.05, 0.1) is 4.34 Å². The van der Waals surface area contributed by atoms with Gasteiger partial charge in [0.2, 0.25) is 0 Å². The molecule has 4 heteroatoms. The van der Waals surface area contributed by atoms with Crippen molar-refractivity contribution in [2.45, 2.75) is 32.8 Å². The highest BCUT2D eigenvalue weighted by atomic mass is 35.5. The molecule has 2 N–H and O–H groups in total. The maximum absolute atomic E-state index is 6.01. The minimum absolute atomic E-state index is 0.142. The molecule has 0 fully saturated rings. The number of benzene rings is 1. The van der Waals surface area contributed by atoms with Gasteiger partial charge in [-0.15, -0.1) is 11.3 Å². The van der Waals surface area contributed by atoms with Crippen LogP contribution >= 0.6 is 22.9 Å². The van der Waals surface area contributed by atoms with Crippen LogP contribution in [-0.4, -0.2) is 6.54 Å². The monoisotopic (exact) mass is 309 g/mol. The summed E-state index contributed by atoms with van der Waals surface area (Å²) in [6, 6.07) is 10.1. The second-order valence-electron chi connectivity index (χ2n) is 5.16. The number of rotatable bonds is 5. The van der Waals surface area contributed by atoms with Gasteiger partial charge in [-0.3, -0.25) is 0 Å². The van der Waals surface area contributed by atoms with Crippen LogP contribution in [0.4, 0.5) is 0 Å². The van der Waals surface area contributed by atoms with Gasteiger partial charge in [-0.2, -0.15) is 0 Å². The van der Waals surface area contributed by atoms with Crippen LogP contribution in [0.2, 0.25) is 4.34 Å². The van der Waals surface area contributed by atoms with Crippen molar-refractivity contribution in [2.24, 2.45) is 5.73 Å². The summed E-state index contributed by atoms with van der Waals surface area (Å²) >= 11 is 7.48. The highest BCUT2D eigenvalue weighted by Crippen LogP contribution is 2.31. The summed E-state index contributed by atoms with van der Waals surface area (Å²) in [6.07, 6.45) is -0.142. The Labute approximate surface area is 129 Å². The molecule has 0 spiro atoms. The Bertz CT molecular complexity index is 580. The van der Waals surface area contributed by atoms with Gasteiger partial charge in [0.25, 0.3) is 0 Å². The van der Waals surface area contributed by atoms with E-state index in [0.717, 1.165) is 15.0 Å². The standard InChI is InChI=1S/C16H20ClNOS/c1-10(2)13-5-4-12(8-11(13)3)19-14(9-18)15-6-7-16(17)20-15/h4-8,10,14H,9,18H2,1-3H3. The number of hydrogen-bond acceptors (Lipinski definition) is 3. The Morgan fingerprint density at radius 1 is 1.25 bits per heavy atom. The Kier molecular flexibility index (Phi) is 5.08. The molecular weight excluding hydrogens is 290 g/mol.